The first-order valence-electron chi connectivity index (χ1n) is 27.3. The Morgan fingerprint density at radius 1 is 0.548 bits per heavy atom. The third-order valence-corrected chi connectivity index (χ3v) is 17.4. The maximum atomic E-state index is 3.90. The topological polar surface area (TPSA) is 15.3 Å². The van der Waals surface area contributed by atoms with Gasteiger partial charge >= 0.3 is 0 Å². The van der Waals surface area contributed by atoms with Crippen molar-refractivity contribution in [2.24, 2.45) is 35.5 Å². The number of anilines is 2. The Hall–Kier alpha value is -7.42. The van der Waals surface area contributed by atoms with Crippen LogP contribution in [0.5, 0.6) is 0 Å². The summed E-state index contributed by atoms with van der Waals surface area (Å²) in [7, 11) is 0. The van der Waals surface area contributed by atoms with Crippen molar-refractivity contribution in [3.8, 4) is 0 Å². The molecule has 0 spiro atoms. The minimum absolute atomic E-state index is 0.0294. The number of fused-ring (bicyclic) bond motifs is 3. The summed E-state index contributed by atoms with van der Waals surface area (Å²) in [6, 6.07) is 40.8. The van der Waals surface area contributed by atoms with Gasteiger partial charge < -0.3 is 10.2 Å². The van der Waals surface area contributed by atoms with Gasteiger partial charge in [-0.2, -0.15) is 0 Å². The van der Waals surface area contributed by atoms with E-state index in [0.717, 1.165) is 44.9 Å². The maximum Gasteiger partial charge on any atom is 0.130 e. The number of nitrogens with one attached hydrogen (secondary N) is 1. The van der Waals surface area contributed by atoms with Crippen LogP contribution in [-0.2, 0) is 0 Å². The van der Waals surface area contributed by atoms with E-state index in [1.165, 1.54) is 83.9 Å². The molecule has 9 aliphatic rings. The summed E-state index contributed by atoms with van der Waals surface area (Å²) < 4.78 is 0. The summed E-state index contributed by atoms with van der Waals surface area (Å²) in [5, 5.41) is 3.90. The lowest BCUT2D eigenvalue weighted by molar-refractivity contribution is 0.293. The molecule has 0 saturated heterocycles. The van der Waals surface area contributed by atoms with Crippen LogP contribution in [0.1, 0.15) is 93.1 Å². The van der Waals surface area contributed by atoms with Gasteiger partial charge in [-0.1, -0.05) is 225 Å². The fraction of sp³-hybridized carbons (Fsp3) is 0.239. The van der Waals surface area contributed by atoms with Gasteiger partial charge in [-0.3, -0.25) is 0 Å². The van der Waals surface area contributed by atoms with Crippen LogP contribution in [-0.4, -0.2) is 0 Å². The van der Waals surface area contributed by atoms with Crippen LogP contribution in [0.15, 0.2) is 275 Å². The first kappa shape index (κ1) is 45.4. The van der Waals surface area contributed by atoms with Crippen molar-refractivity contribution in [2.45, 2.75) is 70.9 Å². The quantitative estimate of drug-likeness (QED) is 0.180. The van der Waals surface area contributed by atoms with Crippen LogP contribution in [0.2, 0.25) is 0 Å². The molecule has 2 nitrogen and oxygen atoms in total. The Kier molecular flexibility index (Phi) is 12.2. The largest absolute Gasteiger partial charge is 0.359 e. The summed E-state index contributed by atoms with van der Waals surface area (Å²) in [5.41, 5.74) is 23.7. The molecule has 73 heavy (non-hydrogen) atoms. The smallest absolute Gasteiger partial charge is 0.130 e. The molecule has 360 valence electrons. The summed E-state index contributed by atoms with van der Waals surface area (Å²) in [4.78, 5) is 2.52. The van der Waals surface area contributed by atoms with Crippen molar-refractivity contribution in [3.63, 3.8) is 0 Å². The van der Waals surface area contributed by atoms with Gasteiger partial charge in [-0.05, 0) is 160 Å². The van der Waals surface area contributed by atoms with Gasteiger partial charge in [-0.15, -0.1) is 0 Å². The second-order valence-corrected chi connectivity index (χ2v) is 21.8. The predicted molar refractivity (Wildman–Crippen MR) is 307 cm³/mol. The molecule has 1 heterocycles. The zero-order valence-electron chi connectivity index (χ0n) is 42.4. The fourth-order valence-corrected chi connectivity index (χ4v) is 13.8. The Labute approximate surface area is 434 Å². The van der Waals surface area contributed by atoms with Crippen LogP contribution >= 0.6 is 0 Å². The molecule has 4 aromatic rings. The molecule has 0 bridgehead atoms. The van der Waals surface area contributed by atoms with Crippen molar-refractivity contribution in [1.82, 2.24) is 0 Å². The second kappa shape index (κ2) is 19.5. The SMILES string of the molecule is CC1CC=CC=C1C1=C[C@H](c2ccccc2)CC(C2C3C=CC(c4ccc(C5Nc6ccccc6N5C5=CC=CCC5)cc4)=CC3=C(C3=CC(c4ccccc4)=CC(C4=CC=CCC4)C3)C3=CC=CC(C)C32)=C1. The highest BCUT2D eigenvalue weighted by Crippen LogP contribution is 2.58. The molecule has 8 aliphatic carbocycles. The van der Waals surface area contributed by atoms with Crippen LogP contribution < -0.4 is 10.2 Å². The number of para-hydroxylation sites is 2. The predicted octanol–water partition coefficient (Wildman–Crippen LogP) is 18.0. The molecule has 0 saturated carbocycles. The monoisotopic (exact) mass is 947 g/mol. The van der Waals surface area contributed by atoms with Gasteiger partial charge in [0.2, 0.25) is 0 Å². The molecule has 0 radical (unpaired) electrons. The Morgan fingerprint density at radius 3 is 2.08 bits per heavy atom. The minimum atomic E-state index is 0.0294. The lowest BCUT2D eigenvalue weighted by atomic mass is 9.55. The second-order valence-electron chi connectivity index (χ2n) is 21.8. The molecular weight excluding hydrogens is 881 g/mol. The van der Waals surface area contributed by atoms with Crippen molar-refractivity contribution >= 4 is 22.5 Å². The molecule has 7 unspecified atom stereocenters. The summed E-state index contributed by atoms with van der Waals surface area (Å²) >= 11 is 0. The van der Waals surface area contributed by atoms with E-state index in [-0.39, 0.29) is 12.1 Å². The van der Waals surface area contributed by atoms with Crippen molar-refractivity contribution < 1.29 is 0 Å². The fourth-order valence-electron chi connectivity index (χ4n) is 13.8. The number of benzene rings is 4. The number of nitrogens with zero attached hydrogens (tertiary/aromatic N) is 1. The number of hydrogen-bond acceptors (Lipinski definition) is 2. The van der Waals surface area contributed by atoms with E-state index >= 15 is 0 Å². The molecule has 1 N–H and O–H groups in total. The summed E-state index contributed by atoms with van der Waals surface area (Å²) in [6.45, 7) is 4.91. The van der Waals surface area contributed by atoms with Gasteiger partial charge in [0.05, 0.1) is 11.4 Å². The Bertz CT molecular complexity index is 3320. The molecule has 8 atom stereocenters. The minimum Gasteiger partial charge on any atom is -0.359 e. The third-order valence-electron chi connectivity index (χ3n) is 17.4. The highest BCUT2D eigenvalue weighted by Gasteiger charge is 2.46. The van der Waals surface area contributed by atoms with Crippen molar-refractivity contribution in [2.75, 3.05) is 10.2 Å². The first-order chi connectivity index (χ1) is 36.0. The lowest BCUT2D eigenvalue weighted by Gasteiger charge is -2.48. The number of rotatable bonds is 9. The van der Waals surface area contributed by atoms with E-state index in [2.05, 4.69) is 249 Å². The number of hydrogen-bond donors (Lipinski definition) is 1. The Balaban J connectivity index is 0.960. The average molecular weight is 947 g/mol. The average Bonchev–Trinajstić information content (AvgIpc) is 3.85. The molecule has 0 amide bonds. The molecule has 2 heteroatoms. The normalized spacial score (nSPS) is 28.0. The van der Waals surface area contributed by atoms with Crippen molar-refractivity contribution in [1.29, 1.82) is 0 Å². The highest BCUT2D eigenvalue weighted by molar-refractivity contribution is 5.84. The lowest BCUT2D eigenvalue weighted by Crippen LogP contribution is -2.38. The van der Waals surface area contributed by atoms with Gasteiger partial charge in [0.25, 0.3) is 0 Å². The molecule has 1 aliphatic heterocycles. The van der Waals surface area contributed by atoms with Gasteiger partial charge in [-0.25, -0.2) is 0 Å². The zero-order chi connectivity index (χ0) is 48.8. The molecule has 4 aromatic carbocycles. The molecule has 0 fully saturated rings. The summed E-state index contributed by atoms with van der Waals surface area (Å²) in [6.07, 6.45) is 53.9. The molecule has 0 aromatic heterocycles. The molecular formula is C71H66N2. The maximum absolute atomic E-state index is 3.90. The van der Waals surface area contributed by atoms with E-state index in [9.17, 15) is 0 Å². The highest BCUT2D eigenvalue weighted by atomic mass is 15.3. The van der Waals surface area contributed by atoms with E-state index in [1.54, 1.807) is 11.1 Å². The van der Waals surface area contributed by atoms with Gasteiger partial charge in [0.15, 0.2) is 0 Å². The number of allylic oxidation sites excluding steroid dienone is 30. The van der Waals surface area contributed by atoms with Crippen molar-refractivity contribution in [3.05, 3.63) is 297 Å². The Morgan fingerprint density at radius 2 is 1.29 bits per heavy atom. The molecule has 13 rings (SSSR count). The van der Waals surface area contributed by atoms with Crippen LogP contribution in [0, 0.1) is 35.5 Å². The van der Waals surface area contributed by atoms with E-state index < -0.39 is 0 Å². The zero-order valence-corrected chi connectivity index (χ0v) is 42.4. The van der Waals surface area contributed by atoms with Gasteiger partial charge in [0, 0.05) is 23.5 Å². The standard InChI is InChI=1S/C71H66N2/c1-47-20-15-16-30-62(47)58-41-57(51-26-11-5-12-27-51)44-60(45-58)70-63-39-38-54(52-34-36-53(37-35-52)71-72-66-32-17-18-33-67(66)73(71)61-28-13-6-14-29-61)46-65(63)69(64-31-19-21-48(2)68(64)70)59-42-55(49-22-7-3-8-23-49)40-56(43-59)50-24-9-4-10-25-50/h3-9,11-13,15-19,21-24,26-28,30-42,45-48,56-57,63,68,70-72H,10,14,20,25,29,43-44H2,1-2H3/t47?,48?,56?,57-,63?,68?,70?,71?/m0/s1. The third kappa shape index (κ3) is 8.59. The van der Waals surface area contributed by atoms with Gasteiger partial charge in [0.1, 0.15) is 6.17 Å². The van der Waals surface area contributed by atoms with E-state index in [4.69, 9.17) is 0 Å². The van der Waals surface area contributed by atoms with Crippen LogP contribution in [0.4, 0.5) is 11.4 Å². The first-order valence-corrected chi connectivity index (χ1v) is 27.3. The van der Waals surface area contributed by atoms with Crippen LogP contribution in [0.25, 0.3) is 11.1 Å². The summed E-state index contributed by atoms with van der Waals surface area (Å²) in [5.74, 6) is 2.34. The van der Waals surface area contributed by atoms with Crippen LogP contribution in [0.3, 0.4) is 0 Å². The van der Waals surface area contributed by atoms with E-state index in [0.29, 0.717) is 35.5 Å². The van der Waals surface area contributed by atoms with E-state index in [1.807, 2.05) is 0 Å².